The zero-order valence-corrected chi connectivity index (χ0v) is 15.5. The van der Waals surface area contributed by atoms with Gasteiger partial charge in [0.15, 0.2) is 0 Å². The summed E-state index contributed by atoms with van der Waals surface area (Å²) in [5, 5.41) is 3.33. The fourth-order valence-corrected chi connectivity index (χ4v) is 3.15. The van der Waals surface area contributed by atoms with Crippen LogP contribution in [-0.4, -0.2) is 49.3 Å². The van der Waals surface area contributed by atoms with E-state index in [2.05, 4.69) is 51.2 Å². The molecule has 1 fully saturated rings. The molecule has 1 aromatic rings. The van der Waals surface area contributed by atoms with E-state index in [0.29, 0.717) is 6.54 Å². The number of nitrogens with zero attached hydrogens (tertiary/aromatic N) is 1. The highest BCUT2D eigenvalue weighted by Crippen LogP contribution is 2.36. The van der Waals surface area contributed by atoms with Gasteiger partial charge in [-0.25, -0.2) is 0 Å². The Hall–Kier alpha value is -1.37. The molecule has 130 valence electrons. The van der Waals surface area contributed by atoms with Crippen LogP contribution in [0.5, 0.6) is 0 Å². The van der Waals surface area contributed by atoms with Crippen molar-refractivity contribution in [2.45, 2.75) is 57.9 Å². The van der Waals surface area contributed by atoms with Crippen LogP contribution >= 0.6 is 0 Å². The molecule has 0 unspecified atom stereocenters. The lowest BCUT2D eigenvalue weighted by molar-refractivity contribution is -0.131. The van der Waals surface area contributed by atoms with Crippen molar-refractivity contribution in [2.24, 2.45) is 0 Å². The summed E-state index contributed by atoms with van der Waals surface area (Å²) in [6.07, 6.45) is 0.718. The molecule has 0 spiro atoms. The van der Waals surface area contributed by atoms with Crippen LogP contribution in [0.2, 0.25) is 0 Å². The van der Waals surface area contributed by atoms with Crippen molar-refractivity contribution in [1.82, 2.24) is 10.2 Å². The topological polar surface area (TPSA) is 50.8 Å². The van der Waals surface area contributed by atoms with Crippen molar-refractivity contribution >= 4 is 18.5 Å². The molecule has 1 N–H and O–H groups in total. The van der Waals surface area contributed by atoms with Crippen LogP contribution in [0.25, 0.3) is 0 Å². The van der Waals surface area contributed by atoms with Gasteiger partial charge < -0.3 is 19.5 Å². The number of hydrogen-bond donors (Lipinski definition) is 1. The van der Waals surface area contributed by atoms with Crippen LogP contribution in [0.15, 0.2) is 18.2 Å². The fourth-order valence-electron chi connectivity index (χ4n) is 3.15. The molecule has 1 saturated heterocycles. The number of likely N-dealkylation sites (N-methyl/N-ethyl adjacent to an activating group) is 1. The Kier molecular flexibility index (Phi) is 4.27. The third kappa shape index (κ3) is 2.98. The van der Waals surface area contributed by atoms with Gasteiger partial charge >= 0.3 is 7.12 Å². The van der Waals surface area contributed by atoms with Gasteiger partial charge in [0, 0.05) is 20.6 Å². The SMILES string of the molecule is CN(C)C(=O)[C@H]1Cc2ccc(B3OC(C)(C)C(C)(C)O3)cc2CN1. The van der Waals surface area contributed by atoms with Gasteiger partial charge in [0.1, 0.15) is 0 Å². The zero-order valence-electron chi connectivity index (χ0n) is 15.5. The van der Waals surface area contributed by atoms with E-state index in [0.717, 1.165) is 11.9 Å². The Morgan fingerprint density at radius 2 is 1.79 bits per heavy atom. The molecule has 0 bridgehead atoms. The van der Waals surface area contributed by atoms with Crippen LogP contribution in [0.4, 0.5) is 0 Å². The van der Waals surface area contributed by atoms with Gasteiger partial charge in [-0.1, -0.05) is 18.2 Å². The first kappa shape index (κ1) is 17.5. The minimum atomic E-state index is -0.346. The van der Waals surface area contributed by atoms with E-state index in [9.17, 15) is 4.79 Å². The maximum atomic E-state index is 12.2. The summed E-state index contributed by atoms with van der Waals surface area (Å²) >= 11 is 0. The third-order valence-electron chi connectivity index (χ3n) is 5.46. The smallest absolute Gasteiger partial charge is 0.399 e. The summed E-state index contributed by atoms with van der Waals surface area (Å²) < 4.78 is 12.3. The summed E-state index contributed by atoms with van der Waals surface area (Å²) in [4.78, 5) is 13.8. The molecule has 0 aromatic heterocycles. The summed E-state index contributed by atoms with van der Waals surface area (Å²) in [7, 11) is 3.24. The Morgan fingerprint density at radius 1 is 1.17 bits per heavy atom. The van der Waals surface area contributed by atoms with E-state index in [1.807, 2.05) is 0 Å². The number of benzene rings is 1. The Balaban J connectivity index is 1.79. The Bertz CT molecular complexity index is 642. The molecule has 2 aliphatic rings. The third-order valence-corrected chi connectivity index (χ3v) is 5.46. The number of carbonyl (C=O) groups is 1. The molecule has 2 heterocycles. The molecule has 1 aromatic carbocycles. The summed E-state index contributed by atoms with van der Waals surface area (Å²) in [5.41, 5.74) is 2.79. The van der Waals surface area contributed by atoms with Crippen LogP contribution in [0, 0.1) is 0 Å². The molecular formula is C18H27BN2O3. The fraction of sp³-hybridized carbons (Fsp3) is 0.611. The Morgan fingerprint density at radius 3 is 2.38 bits per heavy atom. The summed E-state index contributed by atoms with van der Waals surface area (Å²) in [5.74, 6) is 0.121. The molecule has 3 rings (SSSR count). The van der Waals surface area contributed by atoms with Crippen molar-refractivity contribution in [3.8, 4) is 0 Å². The molecule has 1 amide bonds. The van der Waals surface area contributed by atoms with Gasteiger partial charge in [-0.05, 0) is 50.7 Å². The molecule has 6 heteroatoms. The van der Waals surface area contributed by atoms with Crippen LogP contribution in [0.3, 0.4) is 0 Å². The van der Waals surface area contributed by atoms with Crippen molar-refractivity contribution in [3.05, 3.63) is 29.3 Å². The lowest BCUT2D eigenvalue weighted by atomic mass is 9.77. The molecular weight excluding hydrogens is 303 g/mol. The lowest BCUT2D eigenvalue weighted by Crippen LogP contribution is -2.47. The number of carbonyl (C=O) groups excluding carboxylic acids is 1. The van der Waals surface area contributed by atoms with Crippen LogP contribution in [-0.2, 0) is 27.1 Å². The largest absolute Gasteiger partial charge is 0.494 e. The highest BCUT2D eigenvalue weighted by molar-refractivity contribution is 6.62. The second-order valence-electron chi connectivity index (χ2n) is 7.99. The first-order valence-electron chi connectivity index (χ1n) is 8.52. The van der Waals surface area contributed by atoms with E-state index < -0.39 is 0 Å². The maximum Gasteiger partial charge on any atom is 0.494 e. The molecule has 5 nitrogen and oxygen atoms in total. The molecule has 0 aliphatic carbocycles. The summed E-state index contributed by atoms with van der Waals surface area (Å²) in [6.45, 7) is 8.93. The van der Waals surface area contributed by atoms with Gasteiger partial charge in [-0.15, -0.1) is 0 Å². The van der Waals surface area contributed by atoms with Crippen molar-refractivity contribution < 1.29 is 14.1 Å². The van der Waals surface area contributed by atoms with Gasteiger partial charge in [-0.2, -0.15) is 0 Å². The van der Waals surface area contributed by atoms with Crippen molar-refractivity contribution in [3.63, 3.8) is 0 Å². The molecule has 0 radical (unpaired) electrons. The van der Waals surface area contributed by atoms with Crippen LogP contribution < -0.4 is 10.8 Å². The minimum Gasteiger partial charge on any atom is -0.399 e. The standard InChI is InChI=1S/C18H27BN2O3/c1-17(2)18(3,4)24-19(23-17)14-8-7-12-10-15(16(22)21(5)6)20-11-13(12)9-14/h7-9,15,20H,10-11H2,1-6H3/t15-/m1/s1. The van der Waals surface area contributed by atoms with Gasteiger partial charge in [0.05, 0.1) is 17.2 Å². The number of amides is 1. The Labute approximate surface area is 144 Å². The number of nitrogens with one attached hydrogen (secondary N) is 1. The molecule has 1 atom stereocenters. The predicted octanol–water partition coefficient (Wildman–Crippen LogP) is 1.09. The highest BCUT2D eigenvalue weighted by atomic mass is 16.7. The van der Waals surface area contributed by atoms with Gasteiger partial charge in [0.2, 0.25) is 5.91 Å². The molecule has 2 aliphatic heterocycles. The van der Waals surface area contributed by atoms with E-state index in [1.54, 1.807) is 19.0 Å². The summed E-state index contributed by atoms with van der Waals surface area (Å²) in [6, 6.07) is 6.16. The maximum absolute atomic E-state index is 12.2. The number of fused-ring (bicyclic) bond motifs is 1. The van der Waals surface area contributed by atoms with E-state index >= 15 is 0 Å². The monoisotopic (exact) mass is 330 g/mol. The second-order valence-corrected chi connectivity index (χ2v) is 7.99. The highest BCUT2D eigenvalue weighted by Gasteiger charge is 2.51. The van der Waals surface area contributed by atoms with Crippen molar-refractivity contribution in [2.75, 3.05) is 14.1 Å². The average molecular weight is 330 g/mol. The van der Waals surface area contributed by atoms with E-state index in [-0.39, 0.29) is 30.3 Å². The van der Waals surface area contributed by atoms with Crippen molar-refractivity contribution in [1.29, 1.82) is 0 Å². The minimum absolute atomic E-state index is 0.121. The number of rotatable bonds is 2. The quantitative estimate of drug-likeness (QED) is 0.825. The predicted molar refractivity (Wildman–Crippen MR) is 95.2 cm³/mol. The first-order chi connectivity index (χ1) is 11.1. The van der Waals surface area contributed by atoms with Gasteiger partial charge in [0.25, 0.3) is 0 Å². The van der Waals surface area contributed by atoms with E-state index in [4.69, 9.17) is 9.31 Å². The molecule has 24 heavy (non-hydrogen) atoms. The van der Waals surface area contributed by atoms with E-state index in [1.165, 1.54) is 11.1 Å². The normalized spacial score (nSPS) is 24.6. The zero-order chi connectivity index (χ0) is 17.7. The second kappa shape index (κ2) is 5.86. The van der Waals surface area contributed by atoms with Gasteiger partial charge in [-0.3, -0.25) is 4.79 Å². The number of hydrogen-bond acceptors (Lipinski definition) is 4. The first-order valence-corrected chi connectivity index (χ1v) is 8.52. The van der Waals surface area contributed by atoms with Crippen LogP contribution in [0.1, 0.15) is 38.8 Å². The lowest BCUT2D eigenvalue weighted by Gasteiger charge is -2.32. The average Bonchev–Trinajstić information content (AvgIpc) is 2.73. The molecule has 0 saturated carbocycles.